The number of nitrogens with one attached hydrogen (secondary N) is 1. The van der Waals surface area contributed by atoms with E-state index in [1.807, 2.05) is 31.3 Å². The van der Waals surface area contributed by atoms with E-state index in [0.717, 1.165) is 25.2 Å². The molecule has 1 aliphatic heterocycles. The molecule has 1 atom stereocenters. The molecule has 2 rings (SSSR count). The summed E-state index contributed by atoms with van der Waals surface area (Å²) in [6, 6.07) is 9.87. The van der Waals surface area contributed by atoms with Crippen molar-refractivity contribution in [2.45, 2.75) is 12.0 Å². The Labute approximate surface area is 101 Å². The summed E-state index contributed by atoms with van der Waals surface area (Å²) in [5.41, 5.74) is 0.434. The van der Waals surface area contributed by atoms with Crippen LogP contribution in [0.4, 0.5) is 5.69 Å². The molecule has 0 radical (unpaired) electrons. The second-order valence-electron chi connectivity index (χ2n) is 4.32. The maximum absolute atomic E-state index is 9.29. The Morgan fingerprint density at radius 1 is 1.56 bits per heavy atom. The van der Waals surface area contributed by atoms with Crippen LogP contribution in [0.3, 0.4) is 0 Å². The molecule has 1 unspecified atom stereocenters. The Balaban J connectivity index is 2.17. The summed E-state index contributed by atoms with van der Waals surface area (Å²) < 4.78 is 0. The Bertz CT molecular complexity index is 427. The molecule has 1 aliphatic rings. The van der Waals surface area contributed by atoms with Crippen molar-refractivity contribution >= 4 is 17.3 Å². The molecule has 16 heavy (non-hydrogen) atoms. The molecule has 0 amide bonds. The number of nitrogens with zero attached hydrogens (tertiary/aromatic N) is 2. The smallest absolute Gasteiger partial charge is 0.139 e. The molecule has 0 saturated carbocycles. The quantitative estimate of drug-likeness (QED) is 0.855. The fraction of sp³-hybridized carbons (Fsp3) is 0.417. The van der Waals surface area contributed by atoms with Crippen LogP contribution >= 0.6 is 11.6 Å². The SMILES string of the molecule is CN1CCC(C#N)(Nc2cccc(Cl)c2)C1. The third kappa shape index (κ3) is 2.29. The minimum Gasteiger partial charge on any atom is -0.366 e. The molecule has 0 aromatic heterocycles. The third-order valence-corrected chi connectivity index (χ3v) is 3.12. The first kappa shape index (κ1) is 11.3. The molecule has 4 heteroatoms. The van der Waals surface area contributed by atoms with Crippen LogP contribution in [-0.2, 0) is 0 Å². The van der Waals surface area contributed by atoms with E-state index in [1.54, 1.807) is 0 Å². The standard InChI is InChI=1S/C12H14ClN3/c1-16-6-5-12(8-14,9-16)15-11-4-2-3-10(13)7-11/h2-4,7,15H,5-6,9H2,1H3. The van der Waals surface area contributed by atoms with Crippen LogP contribution in [0.5, 0.6) is 0 Å². The molecule has 1 aromatic carbocycles. The van der Waals surface area contributed by atoms with E-state index in [4.69, 9.17) is 11.6 Å². The Kier molecular flexibility index (Phi) is 3.04. The van der Waals surface area contributed by atoms with Crippen LogP contribution in [-0.4, -0.2) is 30.6 Å². The van der Waals surface area contributed by atoms with Gasteiger partial charge in [0, 0.05) is 23.8 Å². The van der Waals surface area contributed by atoms with E-state index in [1.165, 1.54) is 0 Å². The van der Waals surface area contributed by atoms with Gasteiger partial charge in [0.15, 0.2) is 0 Å². The number of anilines is 1. The molecule has 84 valence electrons. The van der Waals surface area contributed by atoms with E-state index in [9.17, 15) is 5.26 Å². The van der Waals surface area contributed by atoms with Gasteiger partial charge >= 0.3 is 0 Å². The normalized spacial score (nSPS) is 25.3. The molecule has 1 saturated heterocycles. The van der Waals surface area contributed by atoms with Gasteiger partial charge in [0.05, 0.1) is 6.07 Å². The van der Waals surface area contributed by atoms with Crippen molar-refractivity contribution in [1.29, 1.82) is 5.26 Å². The highest BCUT2D eigenvalue weighted by Gasteiger charge is 2.36. The van der Waals surface area contributed by atoms with Gasteiger partial charge in [-0.15, -0.1) is 0 Å². The van der Waals surface area contributed by atoms with Gasteiger partial charge in [-0.2, -0.15) is 5.26 Å². The number of benzene rings is 1. The summed E-state index contributed by atoms with van der Waals surface area (Å²) >= 11 is 5.91. The van der Waals surface area contributed by atoms with Crippen molar-refractivity contribution in [3.8, 4) is 6.07 Å². The highest BCUT2D eigenvalue weighted by molar-refractivity contribution is 6.30. The molecule has 3 nitrogen and oxygen atoms in total. The second-order valence-corrected chi connectivity index (χ2v) is 4.75. The van der Waals surface area contributed by atoms with Crippen molar-refractivity contribution in [2.24, 2.45) is 0 Å². The first-order valence-electron chi connectivity index (χ1n) is 5.27. The van der Waals surface area contributed by atoms with Gasteiger partial charge in [0.2, 0.25) is 0 Å². The van der Waals surface area contributed by atoms with Gasteiger partial charge in [0.25, 0.3) is 0 Å². The maximum Gasteiger partial charge on any atom is 0.139 e. The second kappa shape index (κ2) is 4.32. The molecule has 0 bridgehead atoms. The highest BCUT2D eigenvalue weighted by Crippen LogP contribution is 2.26. The lowest BCUT2D eigenvalue weighted by molar-refractivity contribution is 0.403. The molecule has 1 fully saturated rings. The molecule has 1 aromatic rings. The average molecular weight is 236 g/mol. The zero-order valence-electron chi connectivity index (χ0n) is 9.20. The van der Waals surface area contributed by atoms with Crippen LogP contribution in [0.1, 0.15) is 6.42 Å². The minimum absolute atomic E-state index is 0.473. The fourth-order valence-electron chi connectivity index (χ4n) is 2.06. The van der Waals surface area contributed by atoms with Crippen LogP contribution < -0.4 is 5.32 Å². The number of likely N-dealkylation sites (tertiary alicyclic amines) is 1. The predicted octanol–water partition coefficient (Wildman–Crippen LogP) is 2.35. The first-order valence-corrected chi connectivity index (χ1v) is 5.65. The fourth-order valence-corrected chi connectivity index (χ4v) is 2.25. The first-order chi connectivity index (χ1) is 7.63. The summed E-state index contributed by atoms with van der Waals surface area (Å²) in [4.78, 5) is 2.15. The van der Waals surface area contributed by atoms with E-state index >= 15 is 0 Å². The van der Waals surface area contributed by atoms with Gasteiger partial charge in [-0.1, -0.05) is 17.7 Å². The lowest BCUT2D eigenvalue weighted by Gasteiger charge is -2.23. The summed E-state index contributed by atoms with van der Waals surface area (Å²) in [5.74, 6) is 0. The van der Waals surface area contributed by atoms with E-state index in [2.05, 4.69) is 16.3 Å². The van der Waals surface area contributed by atoms with E-state index in [0.29, 0.717) is 5.02 Å². The van der Waals surface area contributed by atoms with Gasteiger partial charge in [-0.25, -0.2) is 0 Å². The van der Waals surface area contributed by atoms with Crippen molar-refractivity contribution in [2.75, 3.05) is 25.5 Å². The average Bonchev–Trinajstić information content (AvgIpc) is 2.61. The monoisotopic (exact) mass is 235 g/mol. The lowest BCUT2D eigenvalue weighted by atomic mass is 10.0. The molecular weight excluding hydrogens is 222 g/mol. The Hall–Kier alpha value is -1.24. The molecule has 0 aliphatic carbocycles. The van der Waals surface area contributed by atoms with Crippen LogP contribution in [0.25, 0.3) is 0 Å². The number of rotatable bonds is 2. The number of halogens is 1. The summed E-state index contributed by atoms with van der Waals surface area (Å²) in [6.45, 7) is 1.69. The Morgan fingerprint density at radius 3 is 2.94 bits per heavy atom. The molecule has 1 heterocycles. The molecule has 0 spiro atoms. The van der Waals surface area contributed by atoms with Crippen LogP contribution in [0.15, 0.2) is 24.3 Å². The van der Waals surface area contributed by atoms with Crippen molar-refractivity contribution in [3.05, 3.63) is 29.3 Å². The van der Waals surface area contributed by atoms with Crippen LogP contribution in [0.2, 0.25) is 5.02 Å². The van der Waals surface area contributed by atoms with Gasteiger partial charge < -0.3 is 10.2 Å². The van der Waals surface area contributed by atoms with Crippen molar-refractivity contribution in [3.63, 3.8) is 0 Å². The number of likely N-dealkylation sites (N-methyl/N-ethyl adjacent to an activating group) is 1. The molecular formula is C12H14ClN3. The maximum atomic E-state index is 9.29. The predicted molar refractivity (Wildman–Crippen MR) is 65.5 cm³/mol. The topological polar surface area (TPSA) is 39.1 Å². The molecule has 1 N–H and O–H groups in total. The van der Waals surface area contributed by atoms with E-state index < -0.39 is 5.54 Å². The minimum atomic E-state index is -0.473. The van der Waals surface area contributed by atoms with Crippen molar-refractivity contribution < 1.29 is 0 Å². The number of nitriles is 1. The lowest BCUT2D eigenvalue weighted by Crippen LogP contribution is -2.39. The largest absolute Gasteiger partial charge is 0.366 e. The highest BCUT2D eigenvalue weighted by atomic mass is 35.5. The van der Waals surface area contributed by atoms with Gasteiger partial charge in [-0.3, -0.25) is 0 Å². The van der Waals surface area contributed by atoms with Crippen LogP contribution in [0, 0.1) is 11.3 Å². The summed E-state index contributed by atoms with van der Waals surface area (Å²) in [5, 5.41) is 13.3. The van der Waals surface area contributed by atoms with Gasteiger partial charge in [0.1, 0.15) is 5.54 Å². The number of hydrogen-bond donors (Lipinski definition) is 1. The third-order valence-electron chi connectivity index (χ3n) is 2.88. The number of hydrogen-bond acceptors (Lipinski definition) is 3. The van der Waals surface area contributed by atoms with Crippen molar-refractivity contribution in [1.82, 2.24) is 4.90 Å². The van der Waals surface area contributed by atoms with Gasteiger partial charge in [-0.05, 0) is 31.7 Å². The zero-order chi connectivity index (χ0) is 11.6. The Morgan fingerprint density at radius 2 is 2.38 bits per heavy atom. The summed E-state index contributed by atoms with van der Waals surface area (Å²) in [6.07, 6.45) is 0.840. The summed E-state index contributed by atoms with van der Waals surface area (Å²) in [7, 11) is 2.03. The zero-order valence-corrected chi connectivity index (χ0v) is 9.96. The van der Waals surface area contributed by atoms with E-state index in [-0.39, 0.29) is 0 Å².